The Bertz CT molecular complexity index is 669. The van der Waals surface area contributed by atoms with Crippen molar-refractivity contribution in [2.24, 2.45) is 5.10 Å². The molecule has 7 heteroatoms. The number of aromatic amines is 1. The van der Waals surface area contributed by atoms with Crippen LogP contribution in [0.3, 0.4) is 0 Å². The van der Waals surface area contributed by atoms with Gasteiger partial charge >= 0.3 is 0 Å². The Morgan fingerprint density at radius 1 is 1.35 bits per heavy atom. The smallest absolute Gasteiger partial charge is 0.287 e. The number of carbonyl (C=O) groups excluding carboxylic acids is 1. The van der Waals surface area contributed by atoms with Gasteiger partial charge in [0.25, 0.3) is 5.91 Å². The van der Waals surface area contributed by atoms with E-state index >= 15 is 0 Å². The van der Waals surface area contributed by atoms with E-state index in [4.69, 9.17) is 23.2 Å². The monoisotopic (exact) mass is 313 g/mol. The molecule has 0 aliphatic rings. The molecule has 1 aromatic carbocycles. The summed E-state index contributed by atoms with van der Waals surface area (Å²) in [6.07, 6.45) is 1.62. The van der Waals surface area contributed by atoms with Crippen LogP contribution < -0.4 is 5.43 Å². The van der Waals surface area contributed by atoms with Crippen molar-refractivity contribution in [2.75, 3.05) is 0 Å². The number of hydrogen-bond acceptors (Lipinski definition) is 2. The van der Waals surface area contributed by atoms with Crippen molar-refractivity contribution < 1.29 is 9.18 Å². The van der Waals surface area contributed by atoms with Gasteiger partial charge in [0.05, 0.1) is 15.8 Å². The van der Waals surface area contributed by atoms with Gasteiger partial charge in [0, 0.05) is 11.8 Å². The van der Waals surface area contributed by atoms with E-state index in [1.54, 1.807) is 25.3 Å². The molecule has 4 nitrogen and oxygen atoms in total. The molecule has 0 atom stereocenters. The van der Waals surface area contributed by atoms with Gasteiger partial charge in [-0.25, -0.2) is 9.82 Å². The number of benzene rings is 1. The average molecular weight is 314 g/mol. The highest BCUT2D eigenvalue weighted by atomic mass is 35.5. The maximum Gasteiger partial charge on any atom is 0.287 e. The van der Waals surface area contributed by atoms with Crippen molar-refractivity contribution in [1.29, 1.82) is 0 Å². The van der Waals surface area contributed by atoms with Gasteiger partial charge < -0.3 is 4.98 Å². The molecule has 1 heterocycles. The van der Waals surface area contributed by atoms with Crippen molar-refractivity contribution in [3.05, 3.63) is 57.6 Å². The van der Waals surface area contributed by atoms with Gasteiger partial charge in [0.15, 0.2) is 0 Å². The zero-order valence-corrected chi connectivity index (χ0v) is 11.9. The van der Waals surface area contributed by atoms with Crippen molar-refractivity contribution in [3.8, 4) is 0 Å². The van der Waals surface area contributed by atoms with E-state index in [9.17, 15) is 9.18 Å². The highest BCUT2D eigenvalue weighted by Crippen LogP contribution is 2.27. The molecule has 0 saturated heterocycles. The number of aromatic nitrogens is 1. The third kappa shape index (κ3) is 3.00. The van der Waals surface area contributed by atoms with Crippen molar-refractivity contribution >= 4 is 34.8 Å². The fourth-order valence-corrected chi connectivity index (χ4v) is 2.23. The highest BCUT2D eigenvalue weighted by Gasteiger charge is 2.14. The topological polar surface area (TPSA) is 57.2 Å². The molecule has 0 fully saturated rings. The summed E-state index contributed by atoms with van der Waals surface area (Å²) in [5, 5.41) is 4.00. The van der Waals surface area contributed by atoms with Crippen LogP contribution in [0.2, 0.25) is 10.0 Å². The zero-order valence-electron chi connectivity index (χ0n) is 10.4. The molecule has 104 valence electrons. The van der Waals surface area contributed by atoms with Gasteiger partial charge in [-0.1, -0.05) is 23.2 Å². The van der Waals surface area contributed by atoms with Crippen molar-refractivity contribution in [2.45, 2.75) is 6.92 Å². The van der Waals surface area contributed by atoms with E-state index in [0.29, 0.717) is 11.4 Å². The summed E-state index contributed by atoms with van der Waals surface area (Å²) in [5.41, 5.74) is 3.25. The van der Waals surface area contributed by atoms with Crippen LogP contribution in [-0.2, 0) is 0 Å². The first-order valence-corrected chi connectivity index (χ1v) is 6.38. The summed E-state index contributed by atoms with van der Waals surface area (Å²) in [6.45, 7) is 1.57. The molecule has 1 amide bonds. The molecule has 20 heavy (non-hydrogen) atoms. The molecular weight excluding hydrogens is 304 g/mol. The van der Waals surface area contributed by atoms with Gasteiger partial charge in [-0.15, -0.1) is 0 Å². The number of nitrogens with one attached hydrogen (secondary N) is 2. The van der Waals surface area contributed by atoms with Gasteiger partial charge in [0.2, 0.25) is 0 Å². The molecule has 0 saturated carbocycles. The number of hydrazone groups is 1. The number of hydrogen-bond donors (Lipinski definition) is 2. The van der Waals surface area contributed by atoms with E-state index < -0.39 is 11.7 Å². The summed E-state index contributed by atoms with van der Waals surface area (Å²) < 4.78 is 13.4. The standard InChI is InChI=1S/C13H10Cl2FN3O/c1-7(11-8(14)4-5-9(16)12(11)15)18-19-13(20)10-3-2-6-17-10/h2-6,17H,1H3,(H,19,20)/b18-7-. The van der Waals surface area contributed by atoms with E-state index in [2.05, 4.69) is 15.5 Å². The van der Waals surface area contributed by atoms with Crippen LogP contribution >= 0.6 is 23.2 Å². The lowest BCUT2D eigenvalue weighted by molar-refractivity contribution is 0.0950. The van der Waals surface area contributed by atoms with Crippen LogP contribution in [0.4, 0.5) is 4.39 Å². The third-order valence-electron chi connectivity index (χ3n) is 2.57. The predicted molar refractivity (Wildman–Crippen MR) is 76.9 cm³/mol. The van der Waals surface area contributed by atoms with Crippen LogP contribution in [0, 0.1) is 5.82 Å². The highest BCUT2D eigenvalue weighted by molar-refractivity contribution is 6.40. The van der Waals surface area contributed by atoms with Crippen LogP contribution in [0.25, 0.3) is 0 Å². The minimum absolute atomic E-state index is 0.132. The van der Waals surface area contributed by atoms with E-state index in [-0.39, 0.29) is 15.6 Å². The van der Waals surface area contributed by atoms with Crippen molar-refractivity contribution in [3.63, 3.8) is 0 Å². The minimum Gasteiger partial charge on any atom is -0.357 e. The molecule has 1 aromatic heterocycles. The van der Waals surface area contributed by atoms with Gasteiger partial charge in [-0.05, 0) is 31.2 Å². The number of carbonyl (C=O) groups is 1. The SMILES string of the molecule is C/C(=N/NC(=O)c1ccc[nH]1)c1c(Cl)ccc(F)c1Cl. The van der Waals surface area contributed by atoms with Gasteiger partial charge in [-0.2, -0.15) is 5.10 Å². The van der Waals surface area contributed by atoms with E-state index in [1.165, 1.54) is 12.1 Å². The first kappa shape index (κ1) is 14.6. The van der Waals surface area contributed by atoms with Crippen LogP contribution in [0.5, 0.6) is 0 Å². The molecule has 0 unspecified atom stereocenters. The normalized spacial score (nSPS) is 11.5. The summed E-state index contributed by atoms with van der Waals surface area (Å²) >= 11 is 11.8. The maximum absolute atomic E-state index is 13.4. The Labute approximate surface area is 124 Å². The molecule has 0 bridgehead atoms. The second-order valence-corrected chi connectivity index (χ2v) is 4.73. The second kappa shape index (κ2) is 6.07. The average Bonchev–Trinajstić information content (AvgIpc) is 2.95. The van der Waals surface area contributed by atoms with Gasteiger partial charge in [0.1, 0.15) is 11.5 Å². The maximum atomic E-state index is 13.4. The summed E-state index contributed by atoms with van der Waals surface area (Å²) in [5.74, 6) is -1.02. The molecule has 0 radical (unpaired) electrons. The Hall–Kier alpha value is -1.85. The lowest BCUT2D eigenvalue weighted by Gasteiger charge is -2.07. The number of nitrogens with zero attached hydrogens (tertiary/aromatic N) is 1. The molecule has 2 N–H and O–H groups in total. The largest absolute Gasteiger partial charge is 0.357 e. The molecule has 0 aliphatic heterocycles. The summed E-state index contributed by atoms with van der Waals surface area (Å²) in [6, 6.07) is 5.83. The van der Waals surface area contributed by atoms with Crippen LogP contribution in [0.15, 0.2) is 35.6 Å². The Kier molecular flexibility index (Phi) is 4.42. The lowest BCUT2D eigenvalue weighted by Crippen LogP contribution is -2.19. The summed E-state index contributed by atoms with van der Waals surface area (Å²) in [4.78, 5) is 14.4. The molecule has 2 aromatic rings. The quantitative estimate of drug-likeness (QED) is 0.507. The zero-order chi connectivity index (χ0) is 14.7. The number of halogens is 3. The van der Waals surface area contributed by atoms with E-state index in [1.807, 2.05) is 0 Å². The Morgan fingerprint density at radius 3 is 2.75 bits per heavy atom. The lowest BCUT2D eigenvalue weighted by atomic mass is 10.1. The van der Waals surface area contributed by atoms with Crippen molar-refractivity contribution in [1.82, 2.24) is 10.4 Å². The number of rotatable bonds is 3. The third-order valence-corrected chi connectivity index (χ3v) is 3.26. The fourth-order valence-electron chi connectivity index (χ4n) is 1.58. The molecular formula is C13H10Cl2FN3O. The van der Waals surface area contributed by atoms with Crippen LogP contribution in [-0.4, -0.2) is 16.6 Å². The number of H-pyrrole nitrogens is 1. The molecule has 0 spiro atoms. The fraction of sp³-hybridized carbons (Fsp3) is 0.0769. The Balaban J connectivity index is 2.23. The predicted octanol–water partition coefficient (Wildman–Crippen LogP) is 3.61. The van der Waals surface area contributed by atoms with Crippen LogP contribution in [0.1, 0.15) is 23.0 Å². The minimum atomic E-state index is -0.601. The molecule has 0 aliphatic carbocycles. The van der Waals surface area contributed by atoms with Gasteiger partial charge in [-0.3, -0.25) is 4.79 Å². The first-order chi connectivity index (χ1) is 9.50. The Morgan fingerprint density at radius 2 is 2.10 bits per heavy atom. The first-order valence-electron chi connectivity index (χ1n) is 5.62. The number of amides is 1. The summed E-state index contributed by atoms with van der Waals surface area (Å²) in [7, 11) is 0. The second-order valence-electron chi connectivity index (χ2n) is 3.94. The van der Waals surface area contributed by atoms with E-state index in [0.717, 1.165) is 0 Å². The molecule has 2 rings (SSSR count).